The quantitative estimate of drug-likeness (QED) is 0.541. The van der Waals surface area contributed by atoms with Crippen molar-refractivity contribution in [1.29, 1.82) is 5.26 Å². The summed E-state index contributed by atoms with van der Waals surface area (Å²) in [4.78, 5) is 23.3. The summed E-state index contributed by atoms with van der Waals surface area (Å²) in [5.74, 6) is -0.388. The van der Waals surface area contributed by atoms with Crippen LogP contribution in [0.1, 0.15) is 18.1 Å². The first-order valence-corrected chi connectivity index (χ1v) is 8.60. The average molecular weight is 379 g/mol. The number of nitrogens with two attached hydrogens (primary N) is 1. The molecule has 0 atom stereocenters. The first-order chi connectivity index (χ1) is 13.4. The lowest BCUT2D eigenvalue weighted by atomic mass is 10.1. The summed E-state index contributed by atoms with van der Waals surface area (Å²) in [7, 11) is 0. The lowest BCUT2D eigenvalue weighted by Crippen LogP contribution is -2.20. The number of ether oxygens (including phenoxy) is 2. The minimum Gasteiger partial charge on any atom is -0.490 e. The van der Waals surface area contributed by atoms with E-state index in [0.717, 1.165) is 5.56 Å². The third-order valence-corrected chi connectivity index (χ3v) is 3.59. The van der Waals surface area contributed by atoms with Crippen LogP contribution in [0.15, 0.2) is 48.0 Å². The maximum Gasteiger partial charge on any atom is 0.266 e. The number of carbonyl (C=O) groups is 2. The second kappa shape index (κ2) is 9.78. The van der Waals surface area contributed by atoms with E-state index in [1.165, 1.54) is 6.08 Å². The first-order valence-electron chi connectivity index (χ1n) is 8.60. The van der Waals surface area contributed by atoms with Gasteiger partial charge in [-0.05, 0) is 55.3 Å². The molecule has 0 aliphatic heterocycles. The van der Waals surface area contributed by atoms with Gasteiger partial charge in [0, 0.05) is 5.69 Å². The van der Waals surface area contributed by atoms with E-state index in [0.29, 0.717) is 29.4 Å². The predicted molar refractivity (Wildman–Crippen MR) is 106 cm³/mol. The number of aryl methyl sites for hydroxylation is 1. The molecule has 0 radical (unpaired) electrons. The number of nitrogens with zero attached hydrogens (tertiary/aromatic N) is 1. The van der Waals surface area contributed by atoms with Gasteiger partial charge in [-0.15, -0.1) is 0 Å². The average Bonchev–Trinajstić information content (AvgIpc) is 2.65. The number of anilines is 1. The summed E-state index contributed by atoms with van der Waals surface area (Å²) < 4.78 is 10.8. The summed E-state index contributed by atoms with van der Waals surface area (Å²) in [5.41, 5.74) is 7.21. The molecule has 7 nitrogen and oxygen atoms in total. The van der Waals surface area contributed by atoms with Gasteiger partial charge in [-0.25, -0.2) is 0 Å². The third kappa shape index (κ3) is 5.88. The van der Waals surface area contributed by atoms with Crippen molar-refractivity contribution >= 4 is 23.6 Å². The molecule has 28 heavy (non-hydrogen) atoms. The Bertz CT molecular complexity index is 945. The number of nitriles is 1. The lowest BCUT2D eigenvalue weighted by molar-refractivity contribution is -0.120. The van der Waals surface area contributed by atoms with Crippen molar-refractivity contribution in [3.8, 4) is 17.6 Å². The number of rotatable bonds is 8. The van der Waals surface area contributed by atoms with Gasteiger partial charge >= 0.3 is 0 Å². The summed E-state index contributed by atoms with van der Waals surface area (Å²) in [6, 6.07) is 14.1. The molecule has 144 valence electrons. The molecule has 7 heteroatoms. The monoisotopic (exact) mass is 379 g/mol. The fourth-order valence-corrected chi connectivity index (χ4v) is 2.39. The standard InChI is InChI=1S/C21H21N3O4/c1-3-27-19-11-15(7-8-18(19)28-13-20(23)25)10-16(12-22)21(26)24-17-6-4-5-14(2)9-17/h4-11H,3,13H2,1-2H3,(H2,23,25)(H,24,26)/b16-10+. The topological polar surface area (TPSA) is 114 Å². The van der Waals surface area contributed by atoms with Gasteiger partial charge in [0.05, 0.1) is 6.61 Å². The molecule has 0 aromatic heterocycles. The van der Waals surface area contributed by atoms with Crippen LogP contribution in [-0.2, 0) is 9.59 Å². The molecule has 2 amide bonds. The zero-order valence-corrected chi connectivity index (χ0v) is 15.7. The van der Waals surface area contributed by atoms with E-state index in [4.69, 9.17) is 15.2 Å². The molecule has 0 spiro atoms. The fraction of sp³-hybridized carbons (Fsp3) is 0.190. The third-order valence-electron chi connectivity index (χ3n) is 3.59. The predicted octanol–water partition coefficient (Wildman–Crippen LogP) is 2.80. The molecule has 0 saturated heterocycles. The molecule has 0 bridgehead atoms. The van der Waals surface area contributed by atoms with Crippen molar-refractivity contribution < 1.29 is 19.1 Å². The fourth-order valence-electron chi connectivity index (χ4n) is 2.39. The minimum absolute atomic E-state index is 0.0604. The van der Waals surface area contributed by atoms with Crippen LogP contribution >= 0.6 is 0 Å². The lowest BCUT2D eigenvalue weighted by Gasteiger charge is -2.11. The molecular weight excluding hydrogens is 358 g/mol. The Morgan fingerprint density at radius 2 is 1.96 bits per heavy atom. The van der Waals surface area contributed by atoms with Gasteiger partial charge in [-0.2, -0.15) is 5.26 Å². The van der Waals surface area contributed by atoms with Gasteiger partial charge in [0.1, 0.15) is 11.6 Å². The molecule has 0 heterocycles. The van der Waals surface area contributed by atoms with Crippen LogP contribution in [0.2, 0.25) is 0 Å². The maximum absolute atomic E-state index is 12.4. The summed E-state index contributed by atoms with van der Waals surface area (Å²) in [5, 5.41) is 12.1. The SMILES string of the molecule is CCOc1cc(/C=C(\C#N)C(=O)Nc2cccc(C)c2)ccc1OCC(N)=O. The summed E-state index contributed by atoms with van der Waals surface area (Å²) in [6.07, 6.45) is 1.45. The minimum atomic E-state index is -0.606. The normalized spacial score (nSPS) is 10.7. The van der Waals surface area contributed by atoms with E-state index in [2.05, 4.69) is 5.32 Å². The summed E-state index contributed by atoms with van der Waals surface area (Å²) in [6.45, 7) is 3.81. The van der Waals surface area contributed by atoms with Crippen molar-refractivity contribution in [2.75, 3.05) is 18.5 Å². The van der Waals surface area contributed by atoms with E-state index < -0.39 is 11.8 Å². The van der Waals surface area contributed by atoms with E-state index in [1.54, 1.807) is 31.2 Å². The molecule has 0 unspecified atom stereocenters. The highest BCUT2D eigenvalue weighted by atomic mass is 16.5. The van der Waals surface area contributed by atoms with Crippen molar-refractivity contribution in [2.45, 2.75) is 13.8 Å². The van der Waals surface area contributed by atoms with E-state index in [1.807, 2.05) is 31.2 Å². The van der Waals surface area contributed by atoms with Gasteiger partial charge in [-0.1, -0.05) is 18.2 Å². The number of nitrogens with one attached hydrogen (secondary N) is 1. The van der Waals surface area contributed by atoms with Crippen LogP contribution in [0.3, 0.4) is 0 Å². The Hall–Kier alpha value is -3.79. The molecule has 3 N–H and O–H groups in total. The smallest absolute Gasteiger partial charge is 0.266 e. The second-order valence-electron chi connectivity index (χ2n) is 5.89. The van der Waals surface area contributed by atoms with Gasteiger partial charge < -0.3 is 20.5 Å². The number of carbonyl (C=O) groups excluding carboxylic acids is 2. The largest absolute Gasteiger partial charge is 0.490 e. The highest BCUT2D eigenvalue weighted by molar-refractivity contribution is 6.09. The van der Waals surface area contributed by atoms with E-state index >= 15 is 0 Å². The molecule has 2 rings (SSSR count). The molecular formula is C21H21N3O4. The summed E-state index contributed by atoms with van der Waals surface area (Å²) >= 11 is 0. The van der Waals surface area contributed by atoms with Crippen LogP contribution in [0.25, 0.3) is 6.08 Å². The zero-order valence-electron chi connectivity index (χ0n) is 15.7. The number of hydrogen-bond acceptors (Lipinski definition) is 5. The Kier molecular flexibility index (Phi) is 7.17. The molecule has 0 aliphatic carbocycles. The molecule has 2 aromatic carbocycles. The highest BCUT2D eigenvalue weighted by Gasteiger charge is 2.12. The number of hydrogen-bond donors (Lipinski definition) is 2. The van der Waals surface area contributed by atoms with Crippen molar-refractivity contribution in [3.05, 3.63) is 59.2 Å². The first kappa shape index (κ1) is 20.5. The number of benzene rings is 2. The Balaban J connectivity index is 2.24. The van der Waals surface area contributed by atoms with E-state index in [9.17, 15) is 14.9 Å². The molecule has 0 fully saturated rings. The van der Waals surface area contributed by atoms with Gasteiger partial charge in [0.2, 0.25) is 0 Å². The van der Waals surface area contributed by atoms with Gasteiger partial charge in [-0.3, -0.25) is 9.59 Å². The van der Waals surface area contributed by atoms with Crippen LogP contribution in [0.5, 0.6) is 11.5 Å². The Labute approximate surface area is 163 Å². The van der Waals surface area contributed by atoms with Crippen molar-refractivity contribution in [3.63, 3.8) is 0 Å². The van der Waals surface area contributed by atoms with Crippen LogP contribution < -0.4 is 20.5 Å². The van der Waals surface area contributed by atoms with Crippen LogP contribution in [0.4, 0.5) is 5.69 Å². The van der Waals surface area contributed by atoms with Crippen molar-refractivity contribution in [1.82, 2.24) is 0 Å². The second-order valence-corrected chi connectivity index (χ2v) is 5.89. The molecule has 2 aromatic rings. The number of primary amides is 1. The Morgan fingerprint density at radius 1 is 1.18 bits per heavy atom. The maximum atomic E-state index is 12.4. The van der Waals surface area contributed by atoms with Crippen LogP contribution in [0, 0.1) is 18.3 Å². The van der Waals surface area contributed by atoms with Gasteiger partial charge in [0.25, 0.3) is 11.8 Å². The highest BCUT2D eigenvalue weighted by Crippen LogP contribution is 2.29. The molecule has 0 aliphatic rings. The van der Waals surface area contributed by atoms with E-state index in [-0.39, 0.29) is 12.2 Å². The molecule has 0 saturated carbocycles. The number of amides is 2. The van der Waals surface area contributed by atoms with Gasteiger partial charge in [0.15, 0.2) is 18.1 Å². The van der Waals surface area contributed by atoms with Crippen molar-refractivity contribution in [2.24, 2.45) is 5.73 Å². The Morgan fingerprint density at radius 3 is 2.61 bits per heavy atom. The van der Waals surface area contributed by atoms with Crippen LogP contribution in [-0.4, -0.2) is 25.0 Å². The zero-order chi connectivity index (χ0) is 20.5.